The summed E-state index contributed by atoms with van der Waals surface area (Å²) in [7, 11) is 1.61. The van der Waals surface area contributed by atoms with Gasteiger partial charge in [-0.2, -0.15) is 5.26 Å². The van der Waals surface area contributed by atoms with Crippen molar-refractivity contribution in [3.8, 4) is 34.6 Å². The van der Waals surface area contributed by atoms with Gasteiger partial charge in [0.2, 0.25) is 0 Å². The highest BCUT2D eigenvalue weighted by Gasteiger charge is 2.15. The summed E-state index contributed by atoms with van der Waals surface area (Å²) < 4.78 is 5.17. The summed E-state index contributed by atoms with van der Waals surface area (Å²) in [5, 5.41) is 9.45. The summed E-state index contributed by atoms with van der Waals surface area (Å²) in [5.74, 6) is 1.26. The van der Waals surface area contributed by atoms with Gasteiger partial charge in [0.1, 0.15) is 17.5 Å². The highest BCUT2D eigenvalue weighted by Crippen LogP contribution is 2.27. The third-order valence-corrected chi connectivity index (χ3v) is 3.46. The molecule has 112 valence electrons. The van der Waals surface area contributed by atoms with Crippen molar-refractivity contribution < 1.29 is 4.74 Å². The van der Waals surface area contributed by atoms with Crippen molar-refractivity contribution in [1.29, 1.82) is 5.26 Å². The number of pyridine rings is 1. The van der Waals surface area contributed by atoms with E-state index in [1.54, 1.807) is 20.2 Å². The third kappa shape index (κ3) is 2.87. The summed E-state index contributed by atoms with van der Waals surface area (Å²) in [6.07, 6.45) is 1.69. The van der Waals surface area contributed by atoms with Crippen molar-refractivity contribution in [3.05, 3.63) is 59.9 Å². The Labute approximate surface area is 134 Å². The van der Waals surface area contributed by atoms with Crippen molar-refractivity contribution >= 4 is 0 Å². The summed E-state index contributed by atoms with van der Waals surface area (Å²) in [5.41, 5.74) is 3.21. The van der Waals surface area contributed by atoms with Gasteiger partial charge in [-0.3, -0.25) is 4.98 Å². The number of rotatable bonds is 3. The zero-order valence-electron chi connectivity index (χ0n) is 12.8. The second kappa shape index (κ2) is 6.24. The van der Waals surface area contributed by atoms with E-state index < -0.39 is 0 Å². The molecule has 23 heavy (non-hydrogen) atoms. The van der Waals surface area contributed by atoms with E-state index in [1.807, 2.05) is 42.5 Å². The van der Waals surface area contributed by atoms with Crippen LogP contribution in [0.2, 0.25) is 0 Å². The van der Waals surface area contributed by atoms with Gasteiger partial charge in [0.15, 0.2) is 5.82 Å². The Morgan fingerprint density at radius 2 is 1.83 bits per heavy atom. The number of methoxy groups -OCH3 is 1. The van der Waals surface area contributed by atoms with Gasteiger partial charge in [-0.1, -0.05) is 6.07 Å². The van der Waals surface area contributed by atoms with E-state index in [1.165, 1.54) is 0 Å². The lowest BCUT2D eigenvalue weighted by molar-refractivity contribution is 0.415. The molecule has 0 amide bonds. The quantitative estimate of drug-likeness (QED) is 0.741. The molecule has 0 unspecified atom stereocenters. The van der Waals surface area contributed by atoms with Gasteiger partial charge in [0.05, 0.1) is 24.1 Å². The fourth-order valence-electron chi connectivity index (χ4n) is 2.27. The standard InChI is InChI=1S/C18H14N4O/c1-12-15(11-19)17(13-6-8-14(23-2)9-7-13)22-18(21-12)16-5-3-4-10-20-16/h3-10H,1-2H3. The number of aromatic nitrogens is 3. The zero-order chi connectivity index (χ0) is 16.2. The maximum absolute atomic E-state index is 9.45. The predicted molar refractivity (Wildman–Crippen MR) is 86.7 cm³/mol. The van der Waals surface area contributed by atoms with Gasteiger partial charge in [0, 0.05) is 11.8 Å². The van der Waals surface area contributed by atoms with Gasteiger partial charge in [-0.05, 0) is 43.3 Å². The monoisotopic (exact) mass is 302 g/mol. The Balaban J connectivity index is 2.18. The smallest absolute Gasteiger partial charge is 0.179 e. The minimum atomic E-state index is 0.467. The maximum atomic E-state index is 9.45. The minimum Gasteiger partial charge on any atom is -0.497 e. The van der Waals surface area contributed by atoms with Gasteiger partial charge >= 0.3 is 0 Å². The maximum Gasteiger partial charge on any atom is 0.179 e. The van der Waals surface area contributed by atoms with Crippen LogP contribution in [0.5, 0.6) is 5.75 Å². The minimum absolute atomic E-state index is 0.467. The molecule has 2 aromatic heterocycles. The summed E-state index contributed by atoms with van der Waals surface area (Å²) in [6.45, 7) is 1.81. The Bertz CT molecular complexity index is 868. The molecule has 0 N–H and O–H groups in total. The largest absolute Gasteiger partial charge is 0.497 e. The third-order valence-electron chi connectivity index (χ3n) is 3.46. The summed E-state index contributed by atoms with van der Waals surface area (Å²) in [4.78, 5) is 13.3. The van der Waals surface area contributed by atoms with E-state index in [2.05, 4.69) is 21.0 Å². The first kappa shape index (κ1) is 14.7. The lowest BCUT2D eigenvalue weighted by atomic mass is 10.0. The molecule has 0 spiro atoms. The van der Waals surface area contributed by atoms with Crippen molar-refractivity contribution in [2.24, 2.45) is 0 Å². The van der Waals surface area contributed by atoms with Crippen LogP contribution in [0.4, 0.5) is 0 Å². The normalized spacial score (nSPS) is 10.1. The molecule has 3 rings (SSSR count). The van der Waals surface area contributed by atoms with Gasteiger partial charge in [-0.25, -0.2) is 9.97 Å². The second-order valence-electron chi connectivity index (χ2n) is 4.91. The molecule has 0 bridgehead atoms. The fraction of sp³-hybridized carbons (Fsp3) is 0.111. The van der Waals surface area contributed by atoms with Crippen LogP contribution in [-0.2, 0) is 0 Å². The Kier molecular flexibility index (Phi) is 3.98. The van der Waals surface area contributed by atoms with Gasteiger partial charge < -0.3 is 4.74 Å². The molecule has 0 radical (unpaired) electrons. The van der Waals surface area contributed by atoms with Crippen LogP contribution in [0, 0.1) is 18.3 Å². The lowest BCUT2D eigenvalue weighted by Crippen LogP contribution is -2.01. The molecule has 5 heteroatoms. The molecule has 0 aliphatic carbocycles. The Morgan fingerprint density at radius 3 is 2.43 bits per heavy atom. The van der Waals surface area contributed by atoms with Crippen LogP contribution in [0.1, 0.15) is 11.3 Å². The molecule has 3 aromatic rings. The van der Waals surface area contributed by atoms with Crippen LogP contribution in [-0.4, -0.2) is 22.1 Å². The first-order valence-electron chi connectivity index (χ1n) is 7.07. The number of nitrogens with zero attached hydrogens (tertiary/aromatic N) is 4. The van der Waals surface area contributed by atoms with E-state index in [9.17, 15) is 5.26 Å². The average molecular weight is 302 g/mol. The second-order valence-corrected chi connectivity index (χ2v) is 4.91. The van der Waals surface area contributed by atoms with Crippen LogP contribution >= 0.6 is 0 Å². The van der Waals surface area contributed by atoms with E-state index in [0.29, 0.717) is 28.5 Å². The number of ether oxygens (including phenoxy) is 1. The van der Waals surface area contributed by atoms with Crippen molar-refractivity contribution in [1.82, 2.24) is 15.0 Å². The lowest BCUT2D eigenvalue weighted by Gasteiger charge is -2.09. The van der Waals surface area contributed by atoms with E-state index >= 15 is 0 Å². The highest BCUT2D eigenvalue weighted by atomic mass is 16.5. The van der Waals surface area contributed by atoms with Crippen LogP contribution < -0.4 is 4.74 Å². The van der Waals surface area contributed by atoms with Crippen molar-refractivity contribution in [2.45, 2.75) is 6.92 Å². The van der Waals surface area contributed by atoms with Crippen LogP contribution in [0.25, 0.3) is 22.8 Å². The van der Waals surface area contributed by atoms with Crippen molar-refractivity contribution in [2.75, 3.05) is 7.11 Å². The molecule has 0 fully saturated rings. The predicted octanol–water partition coefficient (Wildman–Crippen LogP) is 3.39. The molecule has 0 saturated heterocycles. The number of benzene rings is 1. The Hall–Kier alpha value is -3.26. The number of hydrogen-bond donors (Lipinski definition) is 0. The van der Waals surface area contributed by atoms with Crippen LogP contribution in [0.15, 0.2) is 48.7 Å². The zero-order valence-corrected chi connectivity index (χ0v) is 12.8. The topological polar surface area (TPSA) is 71.7 Å². The summed E-state index contributed by atoms with van der Waals surface area (Å²) >= 11 is 0. The molecular weight excluding hydrogens is 288 g/mol. The van der Waals surface area contributed by atoms with Crippen molar-refractivity contribution in [3.63, 3.8) is 0 Å². The number of hydrogen-bond acceptors (Lipinski definition) is 5. The van der Waals surface area contributed by atoms with Gasteiger partial charge in [0.25, 0.3) is 0 Å². The number of nitriles is 1. The van der Waals surface area contributed by atoms with E-state index in [-0.39, 0.29) is 0 Å². The summed E-state index contributed by atoms with van der Waals surface area (Å²) in [6, 6.07) is 15.2. The molecule has 2 heterocycles. The van der Waals surface area contributed by atoms with E-state index in [0.717, 1.165) is 11.3 Å². The SMILES string of the molecule is COc1ccc(-c2nc(-c3ccccn3)nc(C)c2C#N)cc1. The molecular formula is C18H14N4O. The van der Waals surface area contributed by atoms with Gasteiger partial charge in [-0.15, -0.1) is 0 Å². The van der Waals surface area contributed by atoms with Crippen LogP contribution in [0.3, 0.4) is 0 Å². The highest BCUT2D eigenvalue weighted by molar-refractivity contribution is 5.70. The Morgan fingerprint density at radius 1 is 1.04 bits per heavy atom. The molecule has 0 saturated carbocycles. The average Bonchev–Trinajstić information content (AvgIpc) is 2.62. The first-order chi connectivity index (χ1) is 11.2. The molecule has 0 aliphatic rings. The molecule has 1 aromatic carbocycles. The first-order valence-corrected chi connectivity index (χ1v) is 7.07. The molecule has 0 atom stereocenters. The molecule has 5 nitrogen and oxygen atoms in total. The fourth-order valence-corrected chi connectivity index (χ4v) is 2.27. The molecule has 0 aliphatic heterocycles. The number of aryl methyl sites for hydroxylation is 1. The van der Waals surface area contributed by atoms with E-state index in [4.69, 9.17) is 4.74 Å².